The Morgan fingerprint density at radius 1 is 1.47 bits per heavy atom. The lowest BCUT2D eigenvalue weighted by Crippen LogP contribution is -1.97. The molecule has 1 atom stereocenters. The summed E-state index contributed by atoms with van der Waals surface area (Å²) < 4.78 is 5.33. The first kappa shape index (κ1) is 12.4. The number of rotatable bonds is 4. The third-order valence-corrected chi connectivity index (χ3v) is 2.45. The highest BCUT2D eigenvalue weighted by Gasteiger charge is 2.01. The van der Waals surface area contributed by atoms with E-state index in [0.717, 1.165) is 5.56 Å². The zero-order valence-corrected chi connectivity index (χ0v) is 9.79. The Morgan fingerprint density at radius 3 is 2.53 bits per heavy atom. The topological polar surface area (TPSA) is 29.5 Å². The summed E-state index contributed by atoms with van der Waals surface area (Å²) in [7, 11) is 0. The van der Waals surface area contributed by atoms with E-state index in [0.29, 0.717) is 10.8 Å². The number of aliphatic hydroxyl groups is 1. The maximum absolute atomic E-state index is 9.28. The van der Waals surface area contributed by atoms with Crippen LogP contribution in [-0.2, 0) is 0 Å². The second-order valence-electron chi connectivity index (χ2n) is 3.09. The fourth-order valence-corrected chi connectivity index (χ4v) is 1.14. The van der Waals surface area contributed by atoms with E-state index < -0.39 is 6.10 Å². The lowest BCUT2D eigenvalue weighted by Gasteiger charge is -2.07. The minimum Gasteiger partial charge on any atom is -0.488 e. The lowest BCUT2D eigenvalue weighted by molar-refractivity contribution is 0.199. The third-order valence-electron chi connectivity index (χ3n) is 1.86. The molecular weight excluding hydrogens is 235 g/mol. The largest absolute Gasteiger partial charge is 0.488 e. The minimum atomic E-state index is -0.467. The van der Waals surface area contributed by atoms with Crippen molar-refractivity contribution in [2.75, 3.05) is 6.61 Å². The van der Waals surface area contributed by atoms with Crippen molar-refractivity contribution >= 4 is 23.2 Å². The first-order chi connectivity index (χ1) is 7.13. The molecule has 1 N–H and O–H groups in total. The van der Waals surface area contributed by atoms with Crippen molar-refractivity contribution in [2.24, 2.45) is 0 Å². The number of hydrogen-bond acceptors (Lipinski definition) is 2. The van der Waals surface area contributed by atoms with Crippen LogP contribution in [0.3, 0.4) is 0 Å². The Labute approximate surface area is 99.1 Å². The van der Waals surface area contributed by atoms with Crippen LogP contribution in [0, 0.1) is 0 Å². The van der Waals surface area contributed by atoms with Gasteiger partial charge in [-0.1, -0.05) is 35.3 Å². The van der Waals surface area contributed by atoms with Crippen molar-refractivity contribution in [3.8, 4) is 5.75 Å². The fraction of sp³-hybridized carbons (Fsp3) is 0.273. The van der Waals surface area contributed by atoms with Crippen LogP contribution in [0.5, 0.6) is 5.75 Å². The van der Waals surface area contributed by atoms with Crippen molar-refractivity contribution in [1.82, 2.24) is 0 Å². The van der Waals surface area contributed by atoms with Crippen LogP contribution in [0.4, 0.5) is 0 Å². The maximum Gasteiger partial charge on any atom is 0.125 e. The lowest BCUT2D eigenvalue weighted by atomic mass is 10.1. The van der Waals surface area contributed by atoms with Gasteiger partial charge in [0, 0.05) is 5.54 Å². The molecule has 0 unspecified atom stereocenters. The summed E-state index contributed by atoms with van der Waals surface area (Å²) in [5.74, 6) is 0.691. The molecule has 2 nitrogen and oxygen atoms in total. The summed E-state index contributed by atoms with van der Waals surface area (Å²) in [5, 5.41) is 9.72. The van der Waals surface area contributed by atoms with Gasteiger partial charge in [-0.25, -0.2) is 0 Å². The minimum absolute atomic E-state index is 0.249. The smallest absolute Gasteiger partial charge is 0.125 e. The van der Waals surface area contributed by atoms with Crippen molar-refractivity contribution in [3.05, 3.63) is 40.4 Å². The normalized spacial score (nSPS) is 13.7. The molecule has 0 spiro atoms. The van der Waals surface area contributed by atoms with Gasteiger partial charge in [-0.05, 0) is 24.6 Å². The second kappa shape index (κ2) is 6.01. The van der Waals surface area contributed by atoms with Gasteiger partial charge in [-0.15, -0.1) is 0 Å². The molecule has 15 heavy (non-hydrogen) atoms. The van der Waals surface area contributed by atoms with Gasteiger partial charge in [-0.3, -0.25) is 0 Å². The highest BCUT2D eigenvalue weighted by molar-refractivity contribution is 6.36. The molecule has 0 aliphatic rings. The number of aliphatic hydroxyl groups excluding tert-OH is 1. The average Bonchev–Trinajstić information content (AvgIpc) is 2.26. The number of hydrogen-bond donors (Lipinski definition) is 1. The van der Waals surface area contributed by atoms with E-state index in [4.69, 9.17) is 27.9 Å². The molecule has 1 rings (SSSR count). The summed E-state index contributed by atoms with van der Waals surface area (Å²) in [6.45, 7) is 1.96. The van der Waals surface area contributed by atoms with Gasteiger partial charge >= 0.3 is 0 Å². The zero-order valence-electron chi connectivity index (χ0n) is 8.28. The van der Waals surface area contributed by atoms with E-state index in [1.807, 2.05) is 0 Å². The van der Waals surface area contributed by atoms with E-state index in [2.05, 4.69) is 0 Å². The van der Waals surface area contributed by atoms with Crippen LogP contribution in [0.25, 0.3) is 0 Å². The molecular formula is C11H12Cl2O2. The average molecular weight is 247 g/mol. The van der Waals surface area contributed by atoms with Gasteiger partial charge in [0.15, 0.2) is 0 Å². The summed E-state index contributed by atoms with van der Waals surface area (Å²) in [4.78, 5) is 0. The fourth-order valence-electron chi connectivity index (χ4n) is 1.03. The molecule has 0 heterocycles. The van der Waals surface area contributed by atoms with Gasteiger partial charge in [-0.2, -0.15) is 0 Å². The number of benzene rings is 1. The van der Waals surface area contributed by atoms with Gasteiger partial charge in [0.05, 0.1) is 11.1 Å². The molecule has 0 radical (unpaired) electrons. The van der Waals surface area contributed by atoms with Crippen LogP contribution in [0.15, 0.2) is 34.8 Å². The van der Waals surface area contributed by atoms with Crippen LogP contribution < -0.4 is 4.74 Å². The van der Waals surface area contributed by atoms with Gasteiger partial charge < -0.3 is 9.84 Å². The van der Waals surface area contributed by atoms with Crippen LogP contribution >= 0.6 is 23.2 Å². The highest BCUT2D eigenvalue weighted by Crippen LogP contribution is 2.18. The SMILES string of the molecule is C[C@H](O)c1ccc(OCC(Cl)=CCl)cc1. The monoisotopic (exact) mass is 246 g/mol. The molecule has 4 heteroatoms. The van der Waals surface area contributed by atoms with Crippen molar-refractivity contribution in [3.63, 3.8) is 0 Å². The van der Waals surface area contributed by atoms with Crippen LogP contribution in [0.2, 0.25) is 0 Å². The Morgan fingerprint density at radius 2 is 2.07 bits per heavy atom. The van der Waals surface area contributed by atoms with Crippen molar-refractivity contribution in [2.45, 2.75) is 13.0 Å². The third kappa shape index (κ3) is 4.12. The molecule has 82 valence electrons. The van der Waals surface area contributed by atoms with Gasteiger partial charge in [0.2, 0.25) is 0 Å². The molecule has 0 bridgehead atoms. The molecule has 0 fully saturated rings. The predicted octanol–water partition coefficient (Wildman–Crippen LogP) is 3.44. The van der Waals surface area contributed by atoms with E-state index in [9.17, 15) is 5.11 Å². The quantitative estimate of drug-likeness (QED) is 0.883. The Bertz CT molecular complexity index is 331. The summed E-state index contributed by atoms with van der Waals surface area (Å²) in [6.07, 6.45) is -0.467. The molecule has 0 amide bonds. The summed E-state index contributed by atoms with van der Waals surface area (Å²) in [6, 6.07) is 7.16. The van der Waals surface area contributed by atoms with Gasteiger partial charge in [0.1, 0.15) is 12.4 Å². The van der Waals surface area contributed by atoms with Crippen LogP contribution in [0.1, 0.15) is 18.6 Å². The molecule has 1 aromatic rings. The highest BCUT2D eigenvalue weighted by atomic mass is 35.5. The van der Waals surface area contributed by atoms with E-state index in [-0.39, 0.29) is 6.61 Å². The summed E-state index contributed by atoms with van der Waals surface area (Å²) >= 11 is 11.0. The van der Waals surface area contributed by atoms with Crippen LogP contribution in [-0.4, -0.2) is 11.7 Å². The standard InChI is InChI=1S/C11H12Cl2O2/c1-8(14)9-2-4-11(5-3-9)15-7-10(13)6-12/h2-6,8,14H,7H2,1H3/t8-/m0/s1. The van der Waals surface area contributed by atoms with Crippen molar-refractivity contribution in [1.29, 1.82) is 0 Å². The number of ether oxygens (including phenoxy) is 1. The molecule has 0 aliphatic heterocycles. The Balaban J connectivity index is 2.57. The van der Waals surface area contributed by atoms with Gasteiger partial charge in [0.25, 0.3) is 0 Å². The maximum atomic E-state index is 9.28. The predicted molar refractivity (Wildman–Crippen MR) is 62.4 cm³/mol. The number of halogens is 2. The van der Waals surface area contributed by atoms with E-state index in [1.165, 1.54) is 5.54 Å². The van der Waals surface area contributed by atoms with E-state index >= 15 is 0 Å². The Kier molecular flexibility index (Phi) is 4.95. The molecule has 0 saturated heterocycles. The first-order valence-corrected chi connectivity index (χ1v) is 5.30. The van der Waals surface area contributed by atoms with E-state index in [1.54, 1.807) is 31.2 Å². The molecule has 0 aromatic heterocycles. The second-order valence-corrected chi connectivity index (χ2v) is 3.79. The summed E-state index contributed by atoms with van der Waals surface area (Å²) in [5.41, 5.74) is 2.12. The van der Waals surface area contributed by atoms with Crippen molar-refractivity contribution < 1.29 is 9.84 Å². The molecule has 0 aliphatic carbocycles. The molecule has 0 saturated carbocycles. The molecule has 1 aromatic carbocycles. The first-order valence-electron chi connectivity index (χ1n) is 4.49. The zero-order chi connectivity index (χ0) is 11.3. The Hall–Kier alpha value is -0.700.